The lowest BCUT2D eigenvalue weighted by Crippen LogP contribution is -2.42. The molecule has 0 spiro atoms. The van der Waals surface area contributed by atoms with Crippen molar-refractivity contribution in [1.82, 2.24) is 30.4 Å². The number of nitrogens with one attached hydrogen (secondary N) is 1. The van der Waals surface area contributed by atoms with Gasteiger partial charge in [-0.25, -0.2) is 4.68 Å². The fourth-order valence-corrected chi connectivity index (χ4v) is 6.88. The van der Waals surface area contributed by atoms with Gasteiger partial charge in [0.15, 0.2) is 5.17 Å². The van der Waals surface area contributed by atoms with E-state index in [0.717, 1.165) is 49.4 Å². The van der Waals surface area contributed by atoms with Gasteiger partial charge in [-0.1, -0.05) is 18.2 Å². The molecule has 0 aromatic carbocycles. The van der Waals surface area contributed by atoms with E-state index in [9.17, 15) is 9.59 Å². The number of thioether (sulfide) groups is 1. The topological polar surface area (TPSA) is 105 Å². The maximum atomic E-state index is 12.8. The van der Waals surface area contributed by atoms with Crippen molar-refractivity contribution in [1.29, 1.82) is 0 Å². The van der Waals surface area contributed by atoms with Crippen LogP contribution in [0.5, 0.6) is 0 Å². The number of amides is 2. The largest absolute Gasteiger partial charge is 0.341 e. The van der Waals surface area contributed by atoms with Gasteiger partial charge in [-0.2, -0.15) is 0 Å². The zero-order chi connectivity index (χ0) is 20.7. The van der Waals surface area contributed by atoms with E-state index in [1.807, 2.05) is 11.8 Å². The van der Waals surface area contributed by atoms with Crippen LogP contribution in [-0.4, -0.2) is 66.0 Å². The lowest BCUT2D eigenvalue weighted by molar-refractivity contribution is -0.133. The fourth-order valence-electron chi connectivity index (χ4n) is 5.66. The van der Waals surface area contributed by atoms with E-state index in [4.69, 9.17) is 4.99 Å². The van der Waals surface area contributed by atoms with E-state index in [0.29, 0.717) is 12.0 Å². The van der Waals surface area contributed by atoms with Crippen molar-refractivity contribution in [2.45, 2.75) is 69.2 Å². The molecule has 2 saturated heterocycles. The number of piperidine rings is 1. The highest BCUT2D eigenvalue weighted by Gasteiger charge is 2.46. The molecule has 4 fully saturated rings. The lowest BCUT2D eigenvalue weighted by atomic mass is 9.87. The number of carbonyl (C=O) groups excluding carboxylic acids is 2. The molecular weight excluding hydrogens is 402 g/mol. The first-order valence-corrected chi connectivity index (χ1v) is 11.9. The van der Waals surface area contributed by atoms with E-state index in [1.165, 1.54) is 36.7 Å². The van der Waals surface area contributed by atoms with E-state index in [1.54, 1.807) is 11.8 Å². The van der Waals surface area contributed by atoms with Crippen molar-refractivity contribution in [2.75, 3.05) is 13.1 Å². The van der Waals surface area contributed by atoms with Crippen LogP contribution in [0.25, 0.3) is 0 Å². The molecule has 30 heavy (non-hydrogen) atoms. The molecule has 4 aliphatic rings. The van der Waals surface area contributed by atoms with Crippen LogP contribution in [0.4, 0.5) is 0 Å². The normalized spacial score (nSPS) is 35.4. The average Bonchev–Trinajstić information content (AvgIpc) is 3.50. The van der Waals surface area contributed by atoms with E-state index in [-0.39, 0.29) is 18.4 Å². The summed E-state index contributed by atoms with van der Waals surface area (Å²) in [7, 11) is 0. The first-order chi connectivity index (χ1) is 14.5. The third-order valence-electron chi connectivity index (χ3n) is 7.34. The second-order valence-electron chi connectivity index (χ2n) is 9.50. The number of nitrogens with zero attached hydrogens (tertiary/aromatic N) is 6. The Kier molecular flexibility index (Phi) is 5.28. The smallest absolute Gasteiger partial charge is 0.244 e. The molecule has 2 bridgehead atoms. The summed E-state index contributed by atoms with van der Waals surface area (Å²) >= 11 is 1.62. The van der Waals surface area contributed by atoms with Crippen molar-refractivity contribution in [3.05, 3.63) is 6.33 Å². The Hall–Kier alpha value is -1.97. The molecule has 2 aliphatic heterocycles. The summed E-state index contributed by atoms with van der Waals surface area (Å²) in [5.41, 5.74) is 0. The number of aliphatic imine (C=N–C) groups is 1. The number of carbonyl (C=O) groups is 2. The molecule has 9 nitrogen and oxygen atoms in total. The maximum Gasteiger partial charge on any atom is 0.244 e. The SMILES string of the molecule is C[C@@]1(CC2CCN(C(=O)Cn3cnnn3)CC2)SC(=N[C@H]2C[C@@H]3CC[C@H]2C3)NC1=O. The summed E-state index contributed by atoms with van der Waals surface area (Å²) in [6, 6.07) is 0.406. The Morgan fingerprint density at radius 1 is 1.30 bits per heavy atom. The highest BCUT2D eigenvalue weighted by molar-refractivity contribution is 8.16. The van der Waals surface area contributed by atoms with Crippen LogP contribution in [0.3, 0.4) is 0 Å². The molecule has 10 heteroatoms. The quantitative estimate of drug-likeness (QED) is 0.757. The van der Waals surface area contributed by atoms with Crippen LogP contribution >= 0.6 is 11.8 Å². The molecule has 0 unspecified atom stereocenters. The minimum Gasteiger partial charge on any atom is -0.341 e. The van der Waals surface area contributed by atoms with E-state index in [2.05, 4.69) is 20.8 Å². The highest BCUT2D eigenvalue weighted by Crippen LogP contribution is 2.47. The first kappa shape index (κ1) is 20.0. The van der Waals surface area contributed by atoms with Crippen LogP contribution < -0.4 is 5.32 Å². The molecular formula is C20H29N7O2S. The monoisotopic (exact) mass is 431 g/mol. The molecule has 4 atom stereocenters. The second kappa shape index (κ2) is 7.94. The molecule has 2 amide bonds. The zero-order valence-corrected chi connectivity index (χ0v) is 18.2. The third kappa shape index (κ3) is 3.98. The van der Waals surface area contributed by atoms with Gasteiger partial charge in [0.2, 0.25) is 11.8 Å². The van der Waals surface area contributed by atoms with Crippen molar-refractivity contribution in [2.24, 2.45) is 22.7 Å². The van der Waals surface area contributed by atoms with Gasteiger partial charge >= 0.3 is 0 Å². The summed E-state index contributed by atoms with van der Waals surface area (Å²) in [5.74, 6) is 2.15. The zero-order valence-electron chi connectivity index (χ0n) is 17.4. The standard InChI is InChI=1S/C20H29N7O2S/c1-20(18(29)23-19(30-20)22-16-9-14-2-3-15(16)8-14)10-13-4-6-26(7-5-13)17(28)11-27-12-21-24-25-27/h12-16H,2-11H2,1H3,(H,22,23,29)/t14-,15+,16+,20+/m1/s1. The van der Waals surface area contributed by atoms with Gasteiger partial charge in [0.05, 0.1) is 10.8 Å². The Morgan fingerprint density at radius 2 is 2.13 bits per heavy atom. The van der Waals surface area contributed by atoms with Gasteiger partial charge in [-0.05, 0) is 73.6 Å². The van der Waals surface area contributed by atoms with Crippen molar-refractivity contribution >= 4 is 28.7 Å². The summed E-state index contributed by atoms with van der Waals surface area (Å²) in [6.07, 6.45) is 9.30. The van der Waals surface area contributed by atoms with Crippen molar-refractivity contribution in [3.63, 3.8) is 0 Å². The summed E-state index contributed by atoms with van der Waals surface area (Å²) in [6.45, 7) is 3.67. The van der Waals surface area contributed by atoms with E-state index >= 15 is 0 Å². The molecule has 1 aromatic heterocycles. The molecule has 3 heterocycles. The molecule has 162 valence electrons. The number of tetrazole rings is 1. The number of hydrogen-bond donors (Lipinski definition) is 1. The van der Waals surface area contributed by atoms with Gasteiger partial charge < -0.3 is 10.2 Å². The highest BCUT2D eigenvalue weighted by atomic mass is 32.2. The summed E-state index contributed by atoms with van der Waals surface area (Å²) in [4.78, 5) is 32.0. The van der Waals surface area contributed by atoms with E-state index < -0.39 is 4.75 Å². The first-order valence-electron chi connectivity index (χ1n) is 11.1. The van der Waals surface area contributed by atoms with Gasteiger partial charge in [0.1, 0.15) is 12.9 Å². The Labute approximate surface area is 180 Å². The lowest BCUT2D eigenvalue weighted by Gasteiger charge is -2.34. The van der Waals surface area contributed by atoms with Crippen LogP contribution in [0.1, 0.15) is 51.9 Å². The predicted molar refractivity (Wildman–Crippen MR) is 113 cm³/mol. The number of fused-ring (bicyclic) bond motifs is 2. The Bertz CT molecular complexity index is 836. The summed E-state index contributed by atoms with van der Waals surface area (Å²) < 4.78 is 0.992. The number of aromatic nitrogens is 4. The molecule has 5 rings (SSSR count). The van der Waals surface area contributed by atoms with Crippen molar-refractivity contribution in [3.8, 4) is 0 Å². The van der Waals surface area contributed by atoms with Crippen LogP contribution in [0.15, 0.2) is 11.3 Å². The van der Waals surface area contributed by atoms with Crippen LogP contribution in [0.2, 0.25) is 0 Å². The number of hydrogen-bond acceptors (Lipinski definition) is 7. The minimum atomic E-state index is -0.459. The molecule has 1 N–H and O–H groups in total. The summed E-state index contributed by atoms with van der Waals surface area (Å²) in [5, 5.41) is 14.8. The van der Waals surface area contributed by atoms with Gasteiger partial charge in [-0.3, -0.25) is 14.6 Å². The Morgan fingerprint density at radius 3 is 2.80 bits per heavy atom. The van der Waals surface area contributed by atoms with Gasteiger partial charge in [0.25, 0.3) is 0 Å². The fraction of sp³-hybridized carbons (Fsp3) is 0.800. The minimum absolute atomic E-state index is 0.0419. The molecule has 2 saturated carbocycles. The maximum absolute atomic E-state index is 12.8. The van der Waals surface area contributed by atoms with Gasteiger partial charge in [-0.15, -0.1) is 5.10 Å². The van der Waals surface area contributed by atoms with Crippen LogP contribution in [-0.2, 0) is 16.1 Å². The molecule has 0 radical (unpaired) electrons. The average molecular weight is 432 g/mol. The number of likely N-dealkylation sites (tertiary alicyclic amines) is 1. The third-order valence-corrected chi connectivity index (χ3v) is 8.54. The molecule has 1 aromatic rings. The predicted octanol–water partition coefficient (Wildman–Crippen LogP) is 1.47. The van der Waals surface area contributed by atoms with Crippen molar-refractivity contribution < 1.29 is 9.59 Å². The number of amidine groups is 1. The van der Waals surface area contributed by atoms with Crippen LogP contribution in [0, 0.1) is 17.8 Å². The number of rotatable bonds is 5. The Balaban J connectivity index is 1.13. The second-order valence-corrected chi connectivity index (χ2v) is 11.0. The molecule has 2 aliphatic carbocycles. The van der Waals surface area contributed by atoms with Gasteiger partial charge in [0, 0.05) is 13.1 Å².